The summed E-state index contributed by atoms with van der Waals surface area (Å²) in [6.45, 7) is 9.00. The Morgan fingerprint density at radius 1 is 1.04 bits per heavy atom. The van der Waals surface area contributed by atoms with Gasteiger partial charge in [-0.2, -0.15) is 0 Å². The van der Waals surface area contributed by atoms with E-state index in [9.17, 15) is 4.79 Å². The highest BCUT2D eigenvalue weighted by atomic mass is 16.5. The third kappa shape index (κ3) is 6.28. The van der Waals surface area contributed by atoms with E-state index < -0.39 is 0 Å². The van der Waals surface area contributed by atoms with Crippen molar-refractivity contribution in [1.29, 1.82) is 0 Å². The molecule has 2 aromatic rings. The zero-order valence-electron chi connectivity index (χ0n) is 15.6. The Hall–Kier alpha value is -2.75. The summed E-state index contributed by atoms with van der Waals surface area (Å²) in [5.74, 6) is 1.22. The van der Waals surface area contributed by atoms with E-state index in [0.717, 1.165) is 24.2 Å². The lowest BCUT2D eigenvalue weighted by atomic mass is 10.2. The lowest BCUT2D eigenvalue weighted by Gasteiger charge is -2.12. The van der Waals surface area contributed by atoms with Gasteiger partial charge in [0.25, 0.3) is 5.91 Å². The number of carbonyl (C=O) groups excluding carboxylic acids is 1. The molecule has 2 rings (SSSR count). The molecule has 0 aliphatic heterocycles. The van der Waals surface area contributed by atoms with Crippen LogP contribution in [0.5, 0.6) is 11.5 Å². The largest absolute Gasteiger partial charge is 0.494 e. The molecule has 2 aromatic carbocycles. The highest BCUT2D eigenvalue weighted by Crippen LogP contribution is 2.25. The second-order valence-corrected chi connectivity index (χ2v) is 6.28. The van der Waals surface area contributed by atoms with Gasteiger partial charge in [0.2, 0.25) is 0 Å². The van der Waals surface area contributed by atoms with E-state index >= 15 is 0 Å². The Kier molecular flexibility index (Phi) is 7.75. The molecule has 0 spiro atoms. The first kappa shape index (κ1) is 19.6. The Morgan fingerprint density at radius 3 is 2.46 bits per heavy atom. The zero-order valence-corrected chi connectivity index (χ0v) is 15.6. The molecular weight excluding hydrogens is 326 g/mol. The average Bonchev–Trinajstić information content (AvgIpc) is 2.65. The fourth-order valence-corrected chi connectivity index (χ4v) is 2.34. The van der Waals surface area contributed by atoms with Gasteiger partial charge in [0.05, 0.1) is 12.3 Å². The Bertz CT molecular complexity index is 722. The summed E-state index contributed by atoms with van der Waals surface area (Å²) in [6.07, 6.45) is 3.37. The summed E-state index contributed by atoms with van der Waals surface area (Å²) >= 11 is 0. The summed E-state index contributed by atoms with van der Waals surface area (Å²) in [4.78, 5) is 12.5. The molecule has 4 heteroatoms. The molecule has 0 heterocycles. The van der Waals surface area contributed by atoms with Gasteiger partial charge >= 0.3 is 0 Å². The quantitative estimate of drug-likeness (QED) is 0.455. The topological polar surface area (TPSA) is 47.6 Å². The summed E-state index contributed by atoms with van der Waals surface area (Å²) in [7, 11) is 0. The minimum absolute atomic E-state index is 0.186. The number of hydrogen-bond acceptors (Lipinski definition) is 3. The van der Waals surface area contributed by atoms with Gasteiger partial charge < -0.3 is 14.8 Å². The molecule has 0 saturated heterocycles. The van der Waals surface area contributed by atoms with Crippen LogP contribution in [-0.4, -0.2) is 19.1 Å². The zero-order chi connectivity index (χ0) is 18.8. The number of hydrogen-bond donors (Lipinski definition) is 1. The lowest BCUT2D eigenvalue weighted by Crippen LogP contribution is -2.13. The van der Waals surface area contributed by atoms with Crippen molar-refractivity contribution >= 4 is 11.6 Å². The van der Waals surface area contributed by atoms with E-state index in [2.05, 4.69) is 18.8 Å². The molecule has 0 aromatic heterocycles. The molecular formula is C22H27NO3. The Balaban J connectivity index is 1.96. The van der Waals surface area contributed by atoms with E-state index in [1.807, 2.05) is 43.3 Å². The third-order valence-corrected chi connectivity index (χ3v) is 3.74. The fourth-order valence-electron chi connectivity index (χ4n) is 2.34. The highest BCUT2D eigenvalue weighted by molar-refractivity contribution is 6.05. The number of para-hydroxylation sites is 2. The number of amides is 1. The molecule has 0 aliphatic rings. The molecule has 0 bridgehead atoms. The SMILES string of the molecule is C=C(C)COc1ccccc1NC(=O)c1ccc(OCCCCC)cc1. The second kappa shape index (κ2) is 10.3. The van der Waals surface area contributed by atoms with Gasteiger partial charge in [-0.1, -0.05) is 38.5 Å². The van der Waals surface area contributed by atoms with Crippen LogP contribution < -0.4 is 14.8 Å². The van der Waals surface area contributed by atoms with Crippen molar-refractivity contribution in [3.63, 3.8) is 0 Å². The maximum atomic E-state index is 12.5. The maximum Gasteiger partial charge on any atom is 0.255 e. The predicted molar refractivity (Wildman–Crippen MR) is 106 cm³/mol. The third-order valence-electron chi connectivity index (χ3n) is 3.74. The van der Waals surface area contributed by atoms with Crippen LogP contribution in [0.15, 0.2) is 60.7 Å². The van der Waals surface area contributed by atoms with Gasteiger partial charge in [0.15, 0.2) is 0 Å². The van der Waals surface area contributed by atoms with Crippen molar-refractivity contribution in [2.45, 2.75) is 33.1 Å². The van der Waals surface area contributed by atoms with Gasteiger partial charge in [-0.05, 0) is 55.3 Å². The standard InChI is InChI=1S/C22H27NO3/c1-4-5-8-15-25-19-13-11-18(12-14-19)22(24)23-20-9-6-7-10-21(20)26-16-17(2)3/h6-7,9-14H,2,4-5,8,15-16H2,1,3H3,(H,23,24). The van der Waals surface area contributed by atoms with E-state index in [1.165, 1.54) is 6.42 Å². The molecule has 26 heavy (non-hydrogen) atoms. The van der Waals surface area contributed by atoms with Crippen LogP contribution in [0.4, 0.5) is 5.69 Å². The number of nitrogens with one attached hydrogen (secondary N) is 1. The van der Waals surface area contributed by atoms with E-state index in [0.29, 0.717) is 30.2 Å². The van der Waals surface area contributed by atoms with Crippen molar-refractivity contribution in [1.82, 2.24) is 0 Å². The average molecular weight is 353 g/mol. The lowest BCUT2D eigenvalue weighted by molar-refractivity contribution is 0.102. The smallest absolute Gasteiger partial charge is 0.255 e. The normalized spacial score (nSPS) is 10.2. The van der Waals surface area contributed by atoms with E-state index in [-0.39, 0.29) is 5.91 Å². The second-order valence-electron chi connectivity index (χ2n) is 6.28. The van der Waals surface area contributed by atoms with Crippen molar-refractivity contribution in [2.75, 3.05) is 18.5 Å². The molecule has 0 saturated carbocycles. The molecule has 138 valence electrons. The van der Waals surface area contributed by atoms with Crippen LogP contribution in [-0.2, 0) is 0 Å². The van der Waals surface area contributed by atoms with Gasteiger partial charge in [-0.15, -0.1) is 0 Å². The fraction of sp³-hybridized carbons (Fsp3) is 0.318. The summed E-state index contributed by atoms with van der Waals surface area (Å²) in [6, 6.07) is 14.5. The first-order valence-electron chi connectivity index (χ1n) is 9.00. The first-order chi connectivity index (χ1) is 12.6. The van der Waals surface area contributed by atoms with Crippen LogP contribution in [0.2, 0.25) is 0 Å². The van der Waals surface area contributed by atoms with Crippen molar-refractivity contribution in [3.8, 4) is 11.5 Å². The monoisotopic (exact) mass is 353 g/mol. The highest BCUT2D eigenvalue weighted by Gasteiger charge is 2.10. The summed E-state index contributed by atoms with van der Waals surface area (Å²) in [5, 5.41) is 2.90. The number of anilines is 1. The molecule has 0 atom stereocenters. The predicted octanol–water partition coefficient (Wildman–Crippen LogP) is 5.46. The minimum Gasteiger partial charge on any atom is -0.494 e. The van der Waals surface area contributed by atoms with Crippen LogP contribution in [0.3, 0.4) is 0 Å². The summed E-state index contributed by atoms with van der Waals surface area (Å²) < 4.78 is 11.4. The number of unbranched alkanes of at least 4 members (excludes halogenated alkanes) is 2. The molecule has 1 N–H and O–H groups in total. The van der Waals surface area contributed by atoms with Crippen molar-refractivity contribution < 1.29 is 14.3 Å². The molecule has 0 radical (unpaired) electrons. The van der Waals surface area contributed by atoms with Crippen molar-refractivity contribution in [2.24, 2.45) is 0 Å². The van der Waals surface area contributed by atoms with Gasteiger partial charge in [-0.3, -0.25) is 4.79 Å². The Morgan fingerprint density at radius 2 is 1.77 bits per heavy atom. The minimum atomic E-state index is -0.186. The number of ether oxygens (including phenoxy) is 2. The molecule has 1 amide bonds. The van der Waals surface area contributed by atoms with Gasteiger partial charge in [-0.25, -0.2) is 0 Å². The van der Waals surface area contributed by atoms with Crippen LogP contribution in [0.1, 0.15) is 43.5 Å². The van der Waals surface area contributed by atoms with E-state index in [1.54, 1.807) is 12.1 Å². The maximum absolute atomic E-state index is 12.5. The molecule has 0 unspecified atom stereocenters. The molecule has 0 fully saturated rings. The van der Waals surface area contributed by atoms with Crippen LogP contribution >= 0.6 is 0 Å². The van der Waals surface area contributed by atoms with Gasteiger partial charge in [0.1, 0.15) is 18.1 Å². The van der Waals surface area contributed by atoms with Crippen molar-refractivity contribution in [3.05, 3.63) is 66.2 Å². The van der Waals surface area contributed by atoms with Crippen LogP contribution in [0, 0.1) is 0 Å². The molecule has 4 nitrogen and oxygen atoms in total. The number of rotatable bonds is 10. The summed E-state index contributed by atoms with van der Waals surface area (Å²) in [5.41, 5.74) is 2.12. The van der Waals surface area contributed by atoms with E-state index in [4.69, 9.17) is 9.47 Å². The van der Waals surface area contributed by atoms with Crippen LogP contribution in [0.25, 0.3) is 0 Å². The Labute approximate surface area is 155 Å². The molecule has 0 aliphatic carbocycles. The number of benzene rings is 2. The first-order valence-corrected chi connectivity index (χ1v) is 9.00. The number of carbonyl (C=O) groups is 1. The van der Waals surface area contributed by atoms with Gasteiger partial charge in [0, 0.05) is 5.56 Å².